The van der Waals surface area contributed by atoms with Gasteiger partial charge in [-0.05, 0) is 31.4 Å². The molecule has 0 unspecified atom stereocenters. The third-order valence-electron chi connectivity index (χ3n) is 3.79. The number of nitrogens with zero attached hydrogens (tertiary/aromatic N) is 1. The van der Waals surface area contributed by atoms with Crippen LogP contribution in [0.5, 0.6) is 0 Å². The first-order valence-electron chi connectivity index (χ1n) is 7.00. The standard InChI is InChI=1S/C16H17NO4/c1-19-13-3-2-4-14(13)21-16(18)12-7-5-11(6-8-12)15-9-17-10-20-15/h5-10,13-14H,2-4H2,1H3/t13-,14+/m1/s1. The molecule has 1 aliphatic rings. The van der Waals surface area contributed by atoms with E-state index in [9.17, 15) is 4.79 Å². The maximum Gasteiger partial charge on any atom is 0.338 e. The van der Waals surface area contributed by atoms with Crippen LogP contribution in [-0.2, 0) is 9.47 Å². The summed E-state index contributed by atoms with van der Waals surface area (Å²) >= 11 is 0. The van der Waals surface area contributed by atoms with Gasteiger partial charge in [-0.3, -0.25) is 0 Å². The number of esters is 1. The Hall–Kier alpha value is -2.14. The van der Waals surface area contributed by atoms with Crippen LogP contribution in [0.15, 0.2) is 41.3 Å². The Balaban J connectivity index is 1.68. The predicted octanol–water partition coefficient (Wildman–Crippen LogP) is 3.07. The number of ether oxygens (including phenoxy) is 2. The predicted molar refractivity (Wildman–Crippen MR) is 75.8 cm³/mol. The Bertz CT molecular complexity index is 591. The molecule has 5 nitrogen and oxygen atoms in total. The number of hydrogen-bond donors (Lipinski definition) is 0. The summed E-state index contributed by atoms with van der Waals surface area (Å²) in [6.45, 7) is 0. The molecule has 1 saturated carbocycles. The molecule has 1 aromatic heterocycles. The molecule has 1 heterocycles. The third kappa shape index (κ3) is 2.97. The van der Waals surface area contributed by atoms with Crippen molar-refractivity contribution in [3.05, 3.63) is 42.4 Å². The highest BCUT2D eigenvalue weighted by Crippen LogP contribution is 2.26. The summed E-state index contributed by atoms with van der Waals surface area (Å²) in [5, 5.41) is 0. The van der Waals surface area contributed by atoms with Crippen molar-refractivity contribution in [3.8, 4) is 11.3 Å². The molecule has 21 heavy (non-hydrogen) atoms. The summed E-state index contributed by atoms with van der Waals surface area (Å²) < 4.78 is 16.1. The van der Waals surface area contributed by atoms with E-state index < -0.39 is 0 Å². The summed E-state index contributed by atoms with van der Waals surface area (Å²) in [7, 11) is 1.66. The van der Waals surface area contributed by atoms with E-state index in [2.05, 4.69) is 4.98 Å². The second kappa shape index (κ2) is 6.10. The molecule has 0 amide bonds. The molecule has 3 rings (SSSR count). The van der Waals surface area contributed by atoms with Crippen molar-refractivity contribution in [2.45, 2.75) is 31.5 Å². The number of oxazole rings is 1. The Labute approximate surface area is 122 Å². The van der Waals surface area contributed by atoms with Gasteiger partial charge in [-0.2, -0.15) is 0 Å². The molecule has 0 spiro atoms. The number of carbonyl (C=O) groups excluding carboxylic acids is 1. The number of hydrogen-bond acceptors (Lipinski definition) is 5. The van der Waals surface area contributed by atoms with Crippen LogP contribution >= 0.6 is 0 Å². The molecule has 110 valence electrons. The smallest absolute Gasteiger partial charge is 0.338 e. The molecule has 1 aromatic carbocycles. The van der Waals surface area contributed by atoms with Gasteiger partial charge >= 0.3 is 5.97 Å². The minimum atomic E-state index is -0.312. The van der Waals surface area contributed by atoms with Crippen LogP contribution < -0.4 is 0 Å². The Kier molecular flexibility index (Phi) is 4.01. The van der Waals surface area contributed by atoms with Gasteiger partial charge in [0.1, 0.15) is 6.10 Å². The summed E-state index contributed by atoms with van der Waals surface area (Å²) in [6, 6.07) is 7.10. The monoisotopic (exact) mass is 287 g/mol. The minimum absolute atomic E-state index is 0.0161. The highest BCUT2D eigenvalue weighted by Gasteiger charge is 2.30. The molecule has 0 bridgehead atoms. The van der Waals surface area contributed by atoms with Crippen molar-refractivity contribution >= 4 is 5.97 Å². The van der Waals surface area contributed by atoms with E-state index in [1.54, 1.807) is 25.4 Å². The molecule has 5 heteroatoms. The lowest BCUT2D eigenvalue weighted by atomic mass is 10.1. The van der Waals surface area contributed by atoms with Crippen molar-refractivity contribution in [2.24, 2.45) is 0 Å². The number of methoxy groups -OCH3 is 1. The molecular weight excluding hydrogens is 270 g/mol. The lowest BCUT2D eigenvalue weighted by molar-refractivity contribution is -0.0206. The molecule has 0 saturated heterocycles. The first kappa shape index (κ1) is 13.8. The quantitative estimate of drug-likeness (QED) is 0.809. The van der Waals surface area contributed by atoms with Gasteiger partial charge in [0.15, 0.2) is 12.2 Å². The van der Waals surface area contributed by atoms with Crippen LogP contribution in [0.3, 0.4) is 0 Å². The van der Waals surface area contributed by atoms with E-state index >= 15 is 0 Å². The second-order valence-electron chi connectivity index (χ2n) is 5.09. The van der Waals surface area contributed by atoms with Crippen LogP contribution in [0.1, 0.15) is 29.6 Å². The molecule has 1 aliphatic carbocycles. The van der Waals surface area contributed by atoms with E-state index in [0.29, 0.717) is 11.3 Å². The van der Waals surface area contributed by atoms with Crippen LogP contribution in [0, 0.1) is 0 Å². The van der Waals surface area contributed by atoms with Gasteiger partial charge < -0.3 is 13.9 Å². The minimum Gasteiger partial charge on any atom is -0.456 e. The zero-order chi connectivity index (χ0) is 14.7. The number of carbonyl (C=O) groups is 1. The van der Waals surface area contributed by atoms with E-state index in [1.165, 1.54) is 6.39 Å². The highest BCUT2D eigenvalue weighted by atomic mass is 16.6. The first-order chi connectivity index (χ1) is 10.3. The summed E-state index contributed by atoms with van der Waals surface area (Å²) in [5.74, 6) is 0.359. The molecule has 0 N–H and O–H groups in total. The van der Waals surface area contributed by atoms with Crippen molar-refractivity contribution in [3.63, 3.8) is 0 Å². The number of aromatic nitrogens is 1. The number of benzene rings is 1. The molecule has 2 atom stereocenters. The average molecular weight is 287 g/mol. The first-order valence-corrected chi connectivity index (χ1v) is 7.00. The molecule has 0 radical (unpaired) electrons. The second-order valence-corrected chi connectivity index (χ2v) is 5.09. The maximum absolute atomic E-state index is 12.1. The number of rotatable bonds is 4. The van der Waals surface area contributed by atoms with Gasteiger partial charge in [-0.15, -0.1) is 0 Å². The molecule has 0 aliphatic heterocycles. The SMILES string of the molecule is CO[C@@H]1CCC[C@@H]1OC(=O)c1ccc(-c2cnco2)cc1. The Morgan fingerprint density at radius 2 is 2.00 bits per heavy atom. The summed E-state index contributed by atoms with van der Waals surface area (Å²) in [6.07, 6.45) is 5.72. The summed E-state index contributed by atoms with van der Waals surface area (Å²) in [4.78, 5) is 16.0. The van der Waals surface area contributed by atoms with Gasteiger partial charge in [-0.1, -0.05) is 12.1 Å². The van der Waals surface area contributed by atoms with Gasteiger partial charge in [0.2, 0.25) is 0 Å². The zero-order valence-electron chi connectivity index (χ0n) is 11.8. The lowest BCUT2D eigenvalue weighted by Crippen LogP contribution is -2.27. The van der Waals surface area contributed by atoms with Crippen LogP contribution in [0.2, 0.25) is 0 Å². The van der Waals surface area contributed by atoms with Gasteiger partial charge in [0.25, 0.3) is 0 Å². The molecule has 1 fully saturated rings. The van der Waals surface area contributed by atoms with Crippen LogP contribution in [0.4, 0.5) is 0 Å². The fourth-order valence-electron chi connectivity index (χ4n) is 2.63. The van der Waals surface area contributed by atoms with E-state index in [4.69, 9.17) is 13.9 Å². The van der Waals surface area contributed by atoms with E-state index in [1.807, 2.05) is 12.1 Å². The Morgan fingerprint density at radius 3 is 2.67 bits per heavy atom. The van der Waals surface area contributed by atoms with E-state index in [-0.39, 0.29) is 18.2 Å². The Morgan fingerprint density at radius 1 is 1.24 bits per heavy atom. The molecular formula is C16H17NO4. The van der Waals surface area contributed by atoms with Gasteiger partial charge in [-0.25, -0.2) is 9.78 Å². The van der Waals surface area contributed by atoms with Crippen molar-refractivity contribution in [2.75, 3.05) is 7.11 Å². The van der Waals surface area contributed by atoms with E-state index in [0.717, 1.165) is 24.8 Å². The normalized spacial score (nSPS) is 21.4. The fraction of sp³-hybridized carbons (Fsp3) is 0.375. The highest BCUT2D eigenvalue weighted by molar-refractivity contribution is 5.90. The van der Waals surface area contributed by atoms with Gasteiger partial charge in [0.05, 0.1) is 17.9 Å². The van der Waals surface area contributed by atoms with Crippen LogP contribution in [-0.4, -0.2) is 30.3 Å². The van der Waals surface area contributed by atoms with Crippen molar-refractivity contribution < 1.29 is 18.7 Å². The van der Waals surface area contributed by atoms with Gasteiger partial charge in [0, 0.05) is 12.7 Å². The zero-order valence-corrected chi connectivity index (χ0v) is 11.8. The third-order valence-corrected chi connectivity index (χ3v) is 3.79. The molecule has 2 aromatic rings. The maximum atomic E-state index is 12.1. The van der Waals surface area contributed by atoms with Crippen molar-refractivity contribution in [1.82, 2.24) is 4.98 Å². The van der Waals surface area contributed by atoms with Crippen molar-refractivity contribution in [1.29, 1.82) is 0 Å². The lowest BCUT2D eigenvalue weighted by Gasteiger charge is -2.18. The largest absolute Gasteiger partial charge is 0.456 e. The van der Waals surface area contributed by atoms with Crippen LogP contribution in [0.25, 0.3) is 11.3 Å². The summed E-state index contributed by atoms with van der Waals surface area (Å²) in [5.41, 5.74) is 1.40. The topological polar surface area (TPSA) is 61.6 Å². The fourth-order valence-corrected chi connectivity index (χ4v) is 2.63. The average Bonchev–Trinajstić information content (AvgIpc) is 3.18.